The zero-order chi connectivity index (χ0) is 17.0. The molecule has 1 heterocycles. The van der Waals surface area contributed by atoms with E-state index >= 15 is 0 Å². The minimum atomic E-state index is -4.31. The smallest absolute Gasteiger partial charge is 0.306 e. The average molecular weight is 329 g/mol. The summed E-state index contributed by atoms with van der Waals surface area (Å²) in [6.07, 6.45) is -4.31. The standard InChI is InChI=1S/C17H26F3N3/c1-13(12-23-10-8-22(3)9-11-23)21-14(2)15-6-4-5-7-16(15)17(18,19)20/h4-7,13-14,21H,8-12H2,1-3H3/t13-,14+/m0/s1. The zero-order valence-electron chi connectivity index (χ0n) is 14.0. The van der Waals surface area contributed by atoms with Crippen LogP contribution in [-0.4, -0.2) is 55.6 Å². The van der Waals surface area contributed by atoms with E-state index < -0.39 is 11.7 Å². The Balaban J connectivity index is 1.95. The Hall–Kier alpha value is -1.11. The summed E-state index contributed by atoms with van der Waals surface area (Å²) >= 11 is 0. The van der Waals surface area contributed by atoms with Gasteiger partial charge in [-0.3, -0.25) is 4.90 Å². The molecule has 2 rings (SSSR count). The van der Waals surface area contributed by atoms with E-state index in [9.17, 15) is 13.2 Å². The second-order valence-corrected chi connectivity index (χ2v) is 6.48. The fraction of sp³-hybridized carbons (Fsp3) is 0.647. The first-order valence-corrected chi connectivity index (χ1v) is 8.10. The highest BCUT2D eigenvalue weighted by molar-refractivity contribution is 5.32. The lowest BCUT2D eigenvalue weighted by molar-refractivity contribution is -0.138. The second-order valence-electron chi connectivity index (χ2n) is 6.48. The molecule has 1 aliphatic rings. The minimum absolute atomic E-state index is 0.134. The average Bonchev–Trinajstić information content (AvgIpc) is 2.48. The SMILES string of the molecule is C[C@@H](CN1CCN(C)CC1)N[C@H](C)c1ccccc1C(F)(F)F. The first-order chi connectivity index (χ1) is 10.8. The summed E-state index contributed by atoms with van der Waals surface area (Å²) in [4.78, 5) is 4.65. The highest BCUT2D eigenvalue weighted by Crippen LogP contribution is 2.34. The van der Waals surface area contributed by atoms with Gasteiger partial charge in [0.15, 0.2) is 0 Å². The molecule has 3 nitrogen and oxygen atoms in total. The van der Waals surface area contributed by atoms with Crippen LogP contribution < -0.4 is 5.32 Å². The molecule has 2 atom stereocenters. The molecule has 6 heteroatoms. The number of rotatable bonds is 5. The Morgan fingerprint density at radius 1 is 1.09 bits per heavy atom. The van der Waals surface area contributed by atoms with E-state index in [1.807, 2.05) is 6.92 Å². The van der Waals surface area contributed by atoms with Gasteiger partial charge in [0.1, 0.15) is 0 Å². The molecule has 0 unspecified atom stereocenters. The molecule has 0 aromatic heterocycles. The predicted molar refractivity (Wildman–Crippen MR) is 86.4 cm³/mol. The lowest BCUT2D eigenvalue weighted by Crippen LogP contribution is -2.49. The van der Waals surface area contributed by atoms with E-state index in [0.717, 1.165) is 38.8 Å². The Bertz CT molecular complexity index is 496. The molecular weight excluding hydrogens is 303 g/mol. The molecule has 1 aromatic carbocycles. The molecule has 1 saturated heterocycles. The van der Waals surface area contributed by atoms with Crippen molar-refractivity contribution in [2.45, 2.75) is 32.1 Å². The summed E-state index contributed by atoms with van der Waals surface area (Å²) in [6.45, 7) is 8.78. The van der Waals surface area contributed by atoms with Crippen molar-refractivity contribution in [2.75, 3.05) is 39.8 Å². The molecular formula is C17H26F3N3. The molecule has 0 amide bonds. The lowest BCUT2D eigenvalue weighted by Gasteiger charge is -2.35. The number of halogens is 3. The molecule has 0 saturated carbocycles. The van der Waals surface area contributed by atoms with E-state index in [-0.39, 0.29) is 12.1 Å². The summed E-state index contributed by atoms with van der Waals surface area (Å²) < 4.78 is 39.3. The fourth-order valence-corrected chi connectivity index (χ4v) is 3.12. The maximum atomic E-state index is 13.1. The van der Waals surface area contributed by atoms with Crippen LogP contribution in [0.1, 0.15) is 31.0 Å². The first kappa shape index (κ1) is 18.2. The maximum absolute atomic E-state index is 13.1. The van der Waals surface area contributed by atoms with Crippen LogP contribution in [0.15, 0.2) is 24.3 Å². The van der Waals surface area contributed by atoms with Gasteiger partial charge >= 0.3 is 6.18 Å². The molecule has 130 valence electrons. The van der Waals surface area contributed by atoms with Gasteiger partial charge in [0.2, 0.25) is 0 Å². The van der Waals surface area contributed by atoms with Gasteiger partial charge in [0, 0.05) is 44.8 Å². The lowest BCUT2D eigenvalue weighted by atomic mass is 10.0. The van der Waals surface area contributed by atoms with Crippen molar-refractivity contribution in [3.05, 3.63) is 35.4 Å². The number of hydrogen-bond donors (Lipinski definition) is 1. The number of hydrogen-bond acceptors (Lipinski definition) is 3. The van der Waals surface area contributed by atoms with Gasteiger partial charge in [-0.15, -0.1) is 0 Å². The molecule has 0 radical (unpaired) electrons. The van der Waals surface area contributed by atoms with Crippen LogP contribution in [-0.2, 0) is 6.18 Å². The van der Waals surface area contributed by atoms with Crippen molar-refractivity contribution in [3.63, 3.8) is 0 Å². The Kier molecular flexibility index (Phi) is 6.06. The molecule has 1 aromatic rings. The van der Waals surface area contributed by atoms with Crippen LogP contribution in [0.25, 0.3) is 0 Å². The van der Waals surface area contributed by atoms with E-state index in [1.54, 1.807) is 19.1 Å². The molecule has 23 heavy (non-hydrogen) atoms. The summed E-state index contributed by atoms with van der Waals surface area (Å²) in [7, 11) is 2.11. The number of nitrogens with zero attached hydrogens (tertiary/aromatic N) is 2. The second kappa shape index (κ2) is 7.64. The van der Waals surface area contributed by atoms with Gasteiger partial charge in [0.05, 0.1) is 5.56 Å². The molecule has 1 N–H and O–H groups in total. The topological polar surface area (TPSA) is 18.5 Å². The van der Waals surface area contributed by atoms with Gasteiger partial charge < -0.3 is 10.2 Å². The van der Waals surface area contributed by atoms with Crippen LogP contribution in [0.3, 0.4) is 0 Å². The molecule has 0 aliphatic carbocycles. The number of nitrogens with one attached hydrogen (secondary N) is 1. The van der Waals surface area contributed by atoms with Gasteiger partial charge in [-0.25, -0.2) is 0 Å². The first-order valence-electron chi connectivity index (χ1n) is 8.10. The number of alkyl halides is 3. The van der Waals surface area contributed by atoms with E-state index in [4.69, 9.17) is 0 Å². The van der Waals surface area contributed by atoms with Crippen molar-refractivity contribution in [1.82, 2.24) is 15.1 Å². The number of likely N-dealkylation sites (N-methyl/N-ethyl adjacent to an activating group) is 1. The molecule has 1 fully saturated rings. The number of piperazine rings is 1. The molecule has 0 spiro atoms. The Labute approximate surface area is 136 Å². The van der Waals surface area contributed by atoms with Gasteiger partial charge in [-0.05, 0) is 32.5 Å². The van der Waals surface area contributed by atoms with Crippen LogP contribution in [0, 0.1) is 0 Å². The highest BCUT2D eigenvalue weighted by atomic mass is 19.4. The summed E-state index contributed by atoms with van der Waals surface area (Å²) in [5.41, 5.74) is -0.239. The van der Waals surface area contributed by atoms with E-state index in [1.165, 1.54) is 6.07 Å². The minimum Gasteiger partial charge on any atom is -0.306 e. The monoisotopic (exact) mass is 329 g/mol. The third kappa shape index (κ3) is 5.19. The Morgan fingerprint density at radius 2 is 1.70 bits per heavy atom. The van der Waals surface area contributed by atoms with E-state index in [0.29, 0.717) is 5.56 Å². The van der Waals surface area contributed by atoms with Gasteiger partial charge in [-0.2, -0.15) is 13.2 Å². The van der Waals surface area contributed by atoms with Crippen molar-refractivity contribution >= 4 is 0 Å². The van der Waals surface area contributed by atoms with Crippen LogP contribution >= 0.6 is 0 Å². The predicted octanol–water partition coefficient (Wildman–Crippen LogP) is 2.99. The van der Waals surface area contributed by atoms with Crippen LogP contribution in [0.4, 0.5) is 13.2 Å². The Morgan fingerprint density at radius 3 is 2.30 bits per heavy atom. The van der Waals surface area contributed by atoms with Crippen LogP contribution in [0.2, 0.25) is 0 Å². The summed E-state index contributed by atoms with van der Waals surface area (Å²) in [5.74, 6) is 0. The van der Waals surface area contributed by atoms with Crippen LogP contribution in [0.5, 0.6) is 0 Å². The highest BCUT2D eigenvalue weighted by Gasteiger charge is 2.34. The van der Waals surface area contributed by atoms with E-state index in [2.05, 4.69) is 22.2 Å². The molecule has 0 bridgehead atoms. The fourth-order valence-electron chi connectivity index (χ4n) is 3.12. The maximum Gasteiger partial charge on any atom is 0.416 e. The number of benzene rings is 1. The third-order valence-electron chi connectivity index (χ3n) is 4.40. The molecule has 1 aliphatic heterocycles. The van der Waals surface area contributed by atoms with Crippen molar-refractivity contribution < 1.29 is 13.2 Å². The summed E-state index contributed by atoms with van der Waals surface area (Å²) in [5, 5.41) is 3.31. The van der Waals surface area contributed by atoms with Crippen molar-refractivity contribution in [2.24, 2.45) is 0 Å². The van der Waals surface area contributed by atoms with Gasteiger partial charge in [0.25, 0.3) is 0 Å². The largest absolute Gasteiger partial charge is 0.416 e. The van der Waals surface area contributed by atoms with Crippen molar-refractivity contribution in [3.8, 4) is 0 Å². The third-order valence-corrected chi connectivity index (χ3v) is 4.40. The normalized spacial score (nSPS) is 20.4. The summed E-state index contributed by atoms with van der Waals surface area (Å²) in [6, 6.07) is 5.60. The van der Waals surface area contributed by atoms with Gasteiger partial charge in [-0.1, -0.05) is 18.2 Å². The van der Waals surface area contributed by atoms with Crippen molar-refractivity contribution in [1.29, 1.82) is 0 Å². The quantitative estimate of drug-likeness (QED) is 0.896. The zero-order valence-corrected chi connectivity index (χ0v) is 14.0.